The SMILES string of the molecule is CCSCc1ccccc1-c1nc(C(=O)O)cs1. The molecule has 1 aromatic heterocycles. The summed E-state index contributed by atoms with van der Waals surface area (Å²) >= 11 is 3.22. The molecule has 5 heteroatoms. The highest BCUT2D eigenvalue weighted by molar-refractivity contribution is 7.98. The molecule has 0 saturated heterocycles. The summed E-state index contributed by atoms with van der Waals surface area (Å²) in [5.74, 6) is 1.01. The van der Waals surface area contributed by atoms with Crippen molar-refractivity contribution in [2.24, 2.45) is 0 Å². The van der Waals surface area contributed by atoms with Gasteiger partial charge < -0.3 is 5.11 Å². The van der Waals surface area contributed by atoms with E-state index < -0.39 is 5.97 Å². The van der Waals surface area contributed by atoms with Gasteiger partial charge in [-0.15, -0.1) is 11.3 Å². The van der Waals surface area contributed by atoms with Gasteiger partial charge in [0.15, 0.2) is 5.69 Å². The Bertz CT molecular complexity index is 551. The van der Waals surface area contributed by atoms with Crippen LogP contribution in [0.1, 0.15) is 23.0 Å². The molecule has 1 aromatic carbocycles. The van der Waals surface area contributed by atoms with Gasteiger partial charge in [0.1, 0.15) is 5.01 Å². The molecule has 3 nitrogen and oxygen atoms in total. The van der Waals surface area contributed by atoms with Crippen LogP contribution in [0.2, 0.25) is 0 Å². The summed E-state index contributed by atoms with van der Waals surface area (Å²) in [6.07, 6.45) is 0. The van der Waals surface area contributed by atoms with Crippen molar-refractivity contribution in [1.82, 2.24) is 4.98 Å². The van der Waals surface area contributed by atoms with Crippen molar-refractivity contribution in [3.8, 4) is 10.6 Å². The maximum absolute atomic E-state index is 10.8. The van der Waals surface area contributed by atoms with Gasteiger partial charge in [-0.2, -0.15) is 11.8 Å². The second-order valence-electron chi connectivity index (χ2n) is 3.64. The number of hydrogen-bond donors (Lipinski definition) is 1. The van der Waals surface area contributed by atoms with Gasteiger partial charge in [0.2, 0.25) is 0 Å². The Kier molecular flexibility index (Phi) is 4.38. The predicted molar refractivity (Wildman–Crippen MR) is 76.3 cm³/mol. The van der Waals surface area contributed by atoms with Crippen molar-refractivity contribution in [2.45, 2.75) is 12.7 Å². The van der Waals surface area contributed by atoms with Crippen LogP contribution in [0.3, 0.4) is 0 Å². The molecule has 2 rings (SSSR count). The zero-order valence-corrected chi connectivity index (χ0v) is 11.6. The monoisotopic (exact) mass is 279 g/mol. The molecule has 94 valence electrons. The summed E-state index contributed by atoms with van der Waals surface area (Å²) in [6, 6.07) is 8.02. The normalized spacial score (nSPS) is 10.5. The number of carbonyl (C=O) groups is 1. The first kappa shape index (κ1) is 13.1. The van der Waals surface area contributed by atoms with Crippen molar-refractivity contribution in [3.63, 3.8) is 0 Å². The highest BCUT2D eigenvalue weighted by Gasteiger charge is 2.12. The quantitative estimate of drug-likeness (QED) is 0.905. The van der Waals surface area contributed by atoms with Gasteiger partial charge in [-0.1, -0.05) is 31.2 Å². The molecule has 18 heavy (non-hydrogen) atoms. The van der Waals surface area contributed by atoms with Gasteiger partial charge in [-0.3, -0.25) is 0 Å². The summed E-state index contributed by atoms with van der Waals surface area (Å²) in [6.45, 7) is 2.12. The second kappa shape index (κ2) is 6.02. The van der Waals surface area contributed by atoms with Crippen LogP contribution in [-0.2, 0) is 5.75 Å². The lowest BCUT2D eigenvalue weighted by atomic mass is 10.1. The van der Waals surface area contributed by atoms with Crippen LogP contribution in [0.15, 0.2) is 29.6 Å². The summed E-state index contributed by atoms with van der Waals surface area (Å²) in [5, 5.41) is 11.3. The number of thiazole rings is 1. The first-order valence-corrected chi connectivity index (χ1v) is 7.60. The van der Waals surface area contributed by atoms with E-state index >= 15 is 0 Å². The van der Waals surface area contributed by atoms with Crippen molar-refractivity contribution >= 4 is 29.1 Å². The van der Waals surface area contributed by atoms with Gasteiger partial charge in [0.25, 0.3) is 0 Å². The molecule has 0 aliphatic rings. The maximum atomic E-state index is 10.8. The molecule has 0 radical (unpaired) electrons. The van der Waals surface area contributed by atoms with E-state index in [1.807, 2.05) is 30.0 Å². The van der Waals surface area contributed by atoms with Gasteiger partial charge in [0.05, 0.1) is 0 Å². The van der Waals surface area contributed by atoms with Crippen molar-refractivity contribution in [1.29, 1.82) is 0 Å². The van der Waals surface area contributed by atoms with E-state index in [0.717, 1.165) is 22.1 Å². The van der Waals surface area contributed by atoms with Crippen molar-refractivity contribution in [2.75, 3.05) is 5.75 Å². The minimum Gasteiger partial charge on any atom is -0.476 e. The molecule has 0 amide bonds. The average molecular weight is 279 g/mol. The molecule has 0 spiro atoms. The predicted octanol–water partition coefficient (Wildman–Crippen LogP) is 3.76. The number of aromatic carboxylic acids is 1. The molecular weight excluding hydrogens is 266 g/mol. The summed E-state index contributed by atoms with van der Waals surface area (Å²) in [7, 11) is 0. The fraction of sp³-hybridized carbons (Fsp3) is 0.231. The number of nitrogens with zero attached hydrogens (tertiary/aromatic N) is 1. The first-order valence-electron chi connectivity index (χ1n) is 5.57. The Hall–Kier alpha value is -1.33. The van der Waals surface area contributed by atoms with Crippen LogP contribution in [0.4, 0.5) is 0 Å². The smallest absolute Gasteiger partial charge is 0.355 e. The Morgan fingerprint density at radius 2 is 2.22 bits per heavy atom. The van der Waals surface area contributed by atoms with Gasteiger partial charge in [0, 0.05) is 16.7 Å². The Morgan fingerprint density at radius 3 is 2.89 bits per heavy atom. The Morgan fingerprint density at radius 1 is 1.44 bits per heavy atom. The fourth-order valence-electron chi connectivity index (χ4n) is 1.56. The van der Waals surface area contributed by atoms with Crippen LogP contribution in [0.5, 0.6) is 0 Å². The van der Waals surface area contributed by atoms with E-state index in [1.165, 1.54) is 16.9 Å². The minimum absolute atomic E-state index is 0.118. The number of hydrogen-bond acceptors (Lipinski definition) is 4. The fourth-order valence-corrected chi connectivity index (χ4v) is 3.09. The maximum Gasteiger partial charge on any atom is 0.355 e. The van der Waals surface area contributed by atoms with Crippen molar-refractivity contribution < 1.29 is 9.90 Å². The third-order valence-electron chi connectivity index (χ3n) is 2.43. The topological polar surface area (TPSA) is 50.2 Å². The van der Waals surface area contributed by atoms with Crippen LogP contribution in [-0.4, -0.2) is 21.8 Å². The minimum atomic E-state index is -0.974. The van der Waals surface area contributed by atoms with E-state index in [2.05, 4.69) is 18.0 Å². The average Bonchev–Trinajstić information content (AvgIpc) is 2.86. The molecule has 0 aliphatic carbocycles. The molecule has 0 saturated carbocycles. The van der Waals surface area contributed by atoms with Gasteiger partial charge in [-0.25, -0.2) is 9.78 Å². The Labute approximate surface area is 114 Å². The number of rotatable bonds is 5. The lowest BCUT2D eigenvalue weighted by Gasteiger charge is -2.05. The molecule has 0 atom stereocenters. The van der Waals surface area contributed by atoms with E-state index in [1.54, 1.807) is 5.38 Å². The molecule has 0 fully saturated rings. The van der Waals surface area contributed by atoms with Crippen molar-refractivity contribution in [3.05, 3.63) is 40.9 Å². The largest absolute Gasteiger partial charge is 0.476 e. The van der Waals surface area contributed by atoms with E-state index in [-0.39, 0.29) is 5.69 Å². The lowest BCUT2D eigenvalue weighted by molar-refractivity contribution is 0.0691. The zero-order chi connectivity index (χ0) is 13.0. The third kappa shape index (κ3) is 2.91. The highest BCUT2D eigenvalue weighted by atomic mass is 32.2. The number of benzene rings is 1. The highest BCUT2D eigenvalue weighted by Crippen LogP contribution is 2.29. The van der Waals surface area contributed by atoms with Crippen LogP contribution in [0, 0.1) is 0 Å². The molecule has 2 aromatic rings. The second-order valence-corrected chi connectivity index (χ2v) is 5.77. The van der Waals surface area contributed by atoms with E-state index in [4.69, 9.17) is 5.11 Å². The van der Waals surface area contributed by atoms with Crippen LogP contribution in [0.25, 0.3) is 10.6 Å². The van der Waals surface area contributed by atoms with Gasteiger partial charge in [-0.05, 0) is 11.3 Å². The molecule has 0 aliphatic heterocycles. The van der Waals surface area contributed by atoms with Crippen LogP contribution >= 0.6 is 23.1 Å². The summed E-state index contributed by atoms with van der Waals surface area (Å²) < 4.78 is 0. The number of carboxylic acid groups (broad SMARTS) is 1. The number of carboxylic acids is 1. The van der Waals surface area contributed by atoms with E-state index in [0.29, 0.717) is 0 Å². The molecule has 1 N–H and O–H groups in total. The standard InChI is InChI=1S/C13H13NO2S2/c1-2-17-7-9-5-3-4-6-10(9)12-14-11(8-18-12)13(15)16/h3-6,8H,2,7H2,1H3,(H,15,16). The van der Waals surface area contributed by atoms with Gasteiger partial charge >= 0.3 is 5.97 Å². The molecule has 1 heterocycles. The lowest BCUT2D eigenvalue weighted by Crippen LogP contribution is -1.96. The summed E-state index contributed by atoms with van der Waals surface area (Å²) in [5.41, 5.74) is 2.36. The summed E-state index contributed by atoms with van der Waals surface area (Å²) in [4.78, 5) is 15.0. The molecule has 0 bridgehead atoms. The third-order valence-corrected chi connectivity index (χ3v) is 4.23. The van der Waals surface area contributed by atoms with E-state index in [9.17, 15) is 4.79 Å². The zero-order valence-electron chi connectivity index (χ0n) is 9.92. The molecular formula is C13H13NO2S2. The number of thioether (sulfide) groups is 1. The Balaban J connectivity index is 2.33. The first-order chi connectivity index (χ1) is 8.72. The number of aromatic nitrogens is 1. The molecule has 0 unspecified atom stereocenters. The van der Waals surface area contributed by atoms with Crippen LogP contribution < -0.4 is 0 Å².